The van der Waals surface area contributed by atoms with E-state index in [1.165, 1.54) is 36.0 Å². The van der Waals surface area contributed by atoms with Crippen LogP contribution in [0.25, 0.3) is 0 Å². The van der Waals surface area contributed by atoms with Crippen LogP contribution in [0.1, 0.15) is 62.3 Å². The monoisotopic (exact) mass is 247 g/mol. The van der Waals surface area contributed by atoms with Gasteiger partial charge in [-0.05, 0) is 29.0 Å². The van der Waals surface area contributed by atoms with E-state index in [4.69, 9.17) is 10.5 Å². The van der Waals surface area contributed by atoms with E-state index in [9.17, 15) is 0 Å². The number of ether oxygens (including phenoxy) is 1. The number of benzene rings is 1. The topological polar surface area (TPSA) is 35.2 Å². The molecule has 0 aliphatic carbocycles. The molecule has 100 valence electrons. The van der Waals surface area contributed by atoms with Gasteiger partial charge in [0.15, 0.2) is 0 Å². The van der Waals surface area contributed by atoms with Crippen LogP contribution in [0.2, 0.25) is 0 Å². The molecule has 2 unspecified atom stereocenters. The minimum absolute atomic E-state index is 0.174. The van der Waals surface area contributed by atoms with Gasteiger partial charge < -0.3 is 10.5 Å². The molecule has 0 saturated carbocycles. The van der Waals surface area contributed by atoms with Gasteiger partial charge in [-0.2, -0.15) is 0 Å². The highest BCUT2D eigenvalue weighted by Gasteiger charge is 2.19. The first-order chi connectivity index (χ1) is 8.76. The van der Waals surface area contributed by atoms with Gasteiger partial charge in [0, 0.05) is 6.04 Å². The second-order valence-electron chi connectivity index (χ2n) is 5.36. The lowest BCUT2D eigenvalue weighted by Crippen LogP contribution is -2.21. The number of rotatable bonds is 6. The molecule has 1 aliphatic heterocycles. The average Bonchev–Trinajstić information content (AvgIpc) is 2.86. The molecule has 0 fully saturated rings. The van der Waals surface area contributed by atoms with Crippen molar-refractivity contribution in [1.82, 2.24) is 0 Å². The lowest BCUT2D eigenvalue weighted by molar-refractivity contribution is 0.134. The van der Waals surface area contributed by atoms with E-state index in [0.717, 1.165) is 19.6 Å². The quantitative estimate of drug-likeness (QED) is 0.826. The molecule has 2 rings (SSSR count). The van der Waals surface area contributed by atoms with E-state index >= 15 is 0 Å². The number of unbranched alkanes of at least 4 members (excludes halogenated alkanes) is 1. The zero-order valence-corrected chi connectivity index (χ0v) is 11.6. The Morgan fingerprint density at radius 3 is 2.72 bits per heavy atom. The molecule has 1 aromatic rings. The zero-order chi connectivity index (χ0) is 13.0. The van der Waals surface area contributed by atoms with E-state index in [2.05, 4.69) is 32.0 Å². The molecule has 0 spiro atoms. The van der Waals surface area contributed by atoms with Crippen LogP contribution in [0.4, 0.5) is 0 Å². The number of fused-ring (bicyclic) bond motifs is 1. The first kappa shape index (κ1) is 13.6. The molecule has 0 bridgehead atoms. The largest absolute Gasteiger partial charge is 0.372 e. The first-order valence-corrected chi connectivity index (χ1v) is 7.21. The number of hydrogen-bond acceptors (Lipinski definition) is 2. The molecule has 2 heteroatoms. The Labute approximate surface area is 111 Å². The van der Waals surface area contributed by atoms with Gasteiger partial charge >= 0.3 is 0 Å². The molecule has 0 amide bonds. The molecule has 0 saturated heterocycles. The second kappa shape index (κ2) is 6.35. The third kappa shape index (κ3) is 2.93. The maximum atomic E-state index is 6.44. The van der Waals surface area contributed by atoms with Crippen molar-refractivity contribution >= 4 is 0 Å². The number of hydrogen-bond donors (Lipinski definition) is 1. The van der Waals surface area contributed by atoms with Gasteiger partial charge in [-0.25, -0.2) is 0 Å². The van der Waals surface area contributed by atoms with Crippen molar-refractivity contribution in [3.8, 4) is 0 Å². The molecular formula is C16H25NO. The Morgan fingerprint density at radius 1 is 1.22 bits per heavy atom. The molecule has 2 atom stereocenters. The highest BCUT2D eigenvalue weighted by atomic mass is 16.5. The van der Waals surface area contributed by atoms with Gasteiger partial charge in [0.05, 0.1) is 13.2 Å². The van der Waals surface area contributed by atoms with Crippen LogP contribution >= 0.6 is 0 Å². The van der Waals surface area contributed by atoms with Crippen LogP contribution in [0, 0.1) is 5.92 Å². The van der Waals surface area contributed by atoms with Gasteiger partial charge in [-0.15, -0.1) is 0 Å². The lowest BCUT2D eigenvalue weighted by atomic mass is 9.86. The summed E-state index contributed by atoms with van der Waals surface area (Å²) in [6, 6.07) is 6.80. The third-order valence-electron chi connectivity index (χ3n) is 4.09. The molecule has 2 N–H and O–H groups in total. The van der Waals surface area contributed by atoms with E-state index in [1.807, 2.05) is 0 Å². The summed E-state index contributed by atoms with van der Waals surface area (Å²) in [7, 11) is 0. The van der Waals surface area contributed by atoms with Crippen molar-refractivity contribution in [2.45, 2.75) is 58.8 Å². The summed E-state index contributed by atoms with van der Waals surface area (Å²) in [4.78, 5) is 0. The molecule has 1 heterocycles. The Morgan fingerprint density at radius 2 is 2.00 bits per heavy atom. The Bertz CT molecular complexity index is 389. The smallest absolute Gasteiger partial charge is 0.0725 e. The first-order valence-electron chi connectivity index (χ1n) is 7.21. The van der Waals surface area contributed by atoms with E-state index in [-0.39, 0.29) is 6.04 Å². The van der Waals surface area contributed by atoms with Crippen LogP contribution in [0.15, 0.2) is 18.2 Å². The summed E-state index contributed by atoms with van der Waals surface area (Å²) < 4.78 is 5.46. The molecule has 0 radical (unpaired) electrons. The Kier molecular flexibility index (Phi) is 4.79. The fourth-order valence-corrected chi connectivity index (χ4v) is 2.78. The molecule has 2 nitrogen and oxygen atoms in total. The van der Waals surface area contributed by atoms with Gasteiger partial charge in [0.1, 0.15) is 0 Å². The van der Waals surface area contributed by atoms with Crippen LogP contribution in [-0.4, -0.2) is 0 Å². The minimum atomic E-state index is 0.174. The summed E-state index contributed by atoms with van der Waals surface area (Å²) in [5.74, 6) is 0.602. The molecule has 18 heavy (non-hydrogen) atoms. The Hall–Kier alpha value is -0.860. The van der Waals surface area contributed by atoms with Crippen molar-refractivity contribution in [1.29, 1.82) is 0 Å². The summed E-state index contributed by atoms with van der Waals surface area (Å²) in [5.41, 5.74) is 10.4. The van der Waals surface area contributed by atoms with Gasteiger partial charge in [-0.1, -0.05) is 51.3 Å². The average molecular weight is 247 g/mol. The van der Waals surface area contributed by atoms with Crippen molar-refractivity contribution < 1.29 is 4.74 Å². The summed E-state index contributed by atoms with van der Waals surface area (Å²) in [6.45, 7) is 6.00. The normalized spacial score (nSPS) is 17.5. The summed E-state index contributed by atoms with van der Waals surface area (Å²) >= 11 is 0. The Balaban J connectivity index is 2.09. The minimum Gasteiger partial charge on any atom is -0.372 e. The molecule has 1 aromatic carbocycles. The van der Waals surface area contributed by atoms with E-state index in [1.54, 1.807) is 0 Å². The van der Waals surface area contributed by atoms with E-state index in [0.29, 0.717) is 5.92 Å². The van der Waals surface area contributed by atoms with Crippen molar-refractivity contribution in [3.05, 3.63) is 34.9 Å². The molecule has 0 aromatic heterocycles. The third-order valence-corrected chi connectivity index (χ3v) is 4.09. The van der Waals surface area contributed by atoms with Gasteiger partial charge in [0.25, 0.3) is 0 Å². The van der Waals surface area contributed by atoms with Crippen LogP contribution < -0.4 is 5.73 Å². The standard InChI is InChI=1S/C16H25NO/c1-3-5-6-12(4-2)16(17)13-7-8-14-10-18-11-15(14)9-13/h7-9,12,16H,3-6,10-11,17H2,1-2H3. The summed E-state index contributed by atoms with van der Waals surface area (Å²) in [6.07, 6.45) is 4.93. The lowest BCUT2D eigenvalue weighted by Gasteiger charge is -2.23. The number of nitrogens with two attached hydrogens (primary N) is 1. The fraction of sp³-hybridized carbons (Fsp3) is 0.625. The second-order valence-corrected chi connectivity index (χ2v) is 5.36. The van der Waals surface area contributed by atoms with Crippen molar-refractivity contribution in [2.75, 3.05) is 0 Å². The van der Waals surface area contributed by atoms with E-state index < -0.39 is 0 Å². The molecular weight excluding hydrogens is 222 g/mol. The predicted molar refractivity (Wildman–Crippen MR) is 75.2 cm³/mol. The fourth-order valence-electron chi connectivity index (χ4n) is 2.78. The molecule has 1 aliphatic rings. The SMILES string of the molecule is CCCCC(CC)C(N)c1ccc2c(c1)COC2. The predicted octanol–water partition coefficient (Wildman–Crippen LogP) is 3.93. The van der Waals surface area contributed by atoms with Crippen molar-refractivity contribution in [2.24, 2.45) is 11.7 Å². The maximum Gasteiger partial charge on any atom is 0.0725 e. The van der Waals surface area contributed by atoms with Crippen LogP contribution in [-0.2, 0) is 18.0 Å². The van der Waals surface area contributed by atoms with Crippen LogP contribution in [0.3, 0.4) is 0 Å². The van der Waals surface area contributed by atoms with Gasteiger partial charge in [-0.3, -0.25) is 0 Å². The van der Waals surface area contributed by atoms with Gasteiger partial charge in [0.2, 0.25) is 0 Å². The summed E-state index contributed by atoms with van der Waals surface area (Å²) in [5, 5.41) is 0. The maximum absolute atomic E-state index is 6.44. The van der Waals surface area contributed by atoms with Crippen molar-refractivity contribution in [3.63, 3.8) is 0 Å². The van der Waals surface area contributed by atoms with Crippen LogP contribution in [0.5, 0.6) is 0 Å². The highest BCUT2D eigenvalue weighted by Crippen LogP contribution is 2.30. The highest BCUT2D eigenvalue weighted by molar-refractivity contribution is 5.34. The zero-order valence-electron chi connectivity index (χ0n) is 11.6.